The summed E-state index contributed by atoms with van der Waals surface area (Å²) in [6, 6.07) is -4.65. The molecule has 2 nitrogen and oxygen atoms in total. The molecule has 4 rings (SSSR count). The highest BCUT2D eigenvalue weighted by Crippen LogP contribution is 2.43. The monoisotopic (exact) mass is 325 g/mol. The van der Waals surface area contributed by atoms with Crippen LogP contribution in [-0.2, 0) is 5.41 Å². The largest absolute Gasteiger partial charge is 0.454 e. The van der Waals surface area contributed by atoms with Crippen LogP contribution in [0, 0.1) is 0 Å². The lowest BCUT2D eigenvalue weighted by Crippen LogP contribution is -2.12. The lowest BCUT2D eigenvalue weighted by Gasteiger charge is -2.22. The summed E-state index contributed by atoms with van der Waals surface area (Å²) in [5, 5.41) is 0.326. The second-order valence-electron chi connectivity index (χ2n) is 6.55. The molecule has 120 valence electrons. The summed E-state index contributed by atoms with van der Waals surface area (Å²) in [6.07, 6.45) is 0. The molecule has 1 aromatic heterocycles. The first kappa shape index (κ1) is 7.43. The van der Waals surface area contributed by atoms with Gasteiger partial charge in [0, 0.05) is 16.3 Å². The minimum atomic E-state index is -0.765. The number of rotatable bonds is 1. The van der Waals surface area contributed by atoms with Crippen molar-refractivity contribution in [3.05, 3.63) is 66.0 Å². The zero-order valence-corrected chi connectivity index (χ0v) is 13.5. The number of hydrogen-bond acceptors (Lipinski definition) is 2. The van der Waals surface area contributed by atoms with Crippen molar-refractivity contribution in [1.29, 1.82) is 0 Å². The van der Waals surface area contributed by atoms with E-state index in [1.165, 1.54) is 0 Å². The number of furan rings is 1. The van der Waals surface area contributed by atoms with Crippen LogP contribution >= 0.6 is 0 Å². The molecule has 2 heteroatoms. The van der Waals surface area contributed by atoms with Crippen LogP contribution in [0.2, 0.25) is 0 Å². The highest BCUT2D eigenvalue weighted by atomic mass is 16.3. The lowest BCUT2D eigenvalue weighted by atomic mass is 9.82. The van der Waals surface area contributed by atoms with Crippen LogP contribution < -0.4 is 5.73 Å². The highest BCUT2D eigenvalue weighted by Gasteiger charge is 2.24. The first-order valence-electron chi connectivity index (χ1n) is 12.4. The Morgan fingerprint density at radius 2 is 1.62 bits per heavy atom. The molecule has 0 aliphatic carbocycles. The smallest absolute Gasteiger partial charge is 0.159 e. The Hall–Kier alpha value is -2.74. The van der Waals surface area contributed by atoms with E-state index < -0.39 is 53.8 Å². The standard InChI is InChI=1S/C22H21NO/c1-22(2,3)17-13-16(14-9-5-4-6-10-14)20(23)21-19(17)15-11-7-8-12-18(15)24-21/h4-13H,23H2,1-3H3/i4D,5D,6D,7D,8D,9D,10D,11D,12D,13D. The number of anilines is 1. The average Bonchev–Trinajstić information content (AvgIpc) is 3.15. The van der Waals surface area contributed by atoms with Gasteiger partial charge in [-0.05, 0) is 28.6 Å². The summed E-state index contributed by atoms with van der Waals surface area (Å²) in [5.74, 6) is 0. The molecule has 0 bridgehead atoms. The van der Waals surface area contributed by atoms with Gasteiger partial charge in [0.1, 0.15) is 5.58 Å². The van der Waals surface area contributed by atoms with Gasteiger partial charge in [0.2, 0.25) is 0 Å². The molecule has 4 aromatic rings. The Morgan fingerprint density at radius 3 is 2.33 bits per heavy atom. The Balaban J connectivity index is 2.36. The van der Waals surface area contributed by atoms with Crippen LogP contribution in [-0.4, -0.2) is 0 Å². The summed E-state index contributed by atoms with van der Waals surface area (Å²) in [5.41, 5.74) is 5.28. The number of para-hydroxylation sites is 1. The van der Waals surface area contributed by atoms with E-state index in [9.17, 15) is 0 Å². The van der Waals surface area contributed by atoms with E-state index in [1.807, 2.05) is 0 Å². The summed E-state index contributed by atoms with van der Waals surface area (Å²) < 4.78 is 88.4. The normalized spacial score (nSPS) is 18.0. The second-order valence-corrected chi connectivity index (χ2v) is 6.55. The Labute approximate surface area is 155 Å². The molecule has 0 saturated carbocycles. The summed E-state index contributed by atoms with van der Waals surface area (Å²) in [7, 11) is 0. The van der Waals surface area contributed by atoms with E-state index in [0.29, 0.717) is 5.56 Å². The quantitative estimate of drug-likeness (QED) is 0.427. The molecule has 3 aromatic carbocycles. The van der Waals surface area contributed by atoms with Crippen LogP contribution in [0.1, 0.15) is 40.0 Å². The number of nitrogens with two attached hydrogens (primary N) is 1. The fourth-order valence-electron chi connectivity index (χ4n) is 2.75. The van der Waals surface area contributed by atoms with Crippen LogP contribution in [0.5, 0.6) is 0 Å². The van der Waals surface area contributed by atoms with Crippen molar-refractivity contribution in [3.8, 4) is 11.1 Å². The highest BCUT2D eigenvalue weighted by molar-refractivity contribution is 6.13. The molecule has 0 aliphatic rings. The maximum Gasteiger partial charge on any atom is 0.159 e. The van der Waals surface area contributed by atoms with Crippen LogP contribution in [0.4, 0.5) is 5.69 Å². The zero-order chi connectivity index (χ0) is 25.6. The van der Waals surface area contributed by atoms with Crippen molar-refractivity contribution >= 4 is 27.6 Å². The van der Waals surface area contributed by atoms with Crippen LogP contribution in [0.15, 0.2) is 64.8 Å². The molecule has 0 fully saturated rings. The maximum atomic E-state index is 9.03. The van der Waals surface area contributed by atoms with Crippen molar-refractivity contribution in [2.45, 2.75) is 26.2 Å². The first-order valence-corrected chi connectivity index (χ1v) is 7.45. The molecule has 0 aliphatic heterocycles. The van der Waals surface area contributed by atoms with Gasteiger partial charge in [-0.2, -0.15) is 0 Å². The predicted molar refractivity (Wildman–Crippen MR) is 102 cm³/mol. The van der Waals surface area contributed by atoms with Gasteiger partial charge in [0.05, 0.1) is 19.4 Å². The minimum absolute atomic E-state index is 0.0234. The van der Waals surface area contributed by atoms with Gasteiger partial charge < -0.3 is 10.2 Å². The number of benzene rings is 3. The number of nitrogen functional groups attached to an aromatic ring is 1. The van der Waals surface area contributed by atoms with E-state index in [-0.39, 0.29) is 50.8 Å². The Morgan fingerprint density at radius 1 is 0.958 bits per heavy atom. The van der Waals surface area contributed by atoms with Gasteiger partial charge >= 0.3 is 0 Å². The predicted octanol–water partition coefficient (Wildman–Crippen LogP) is 6.13. The maximum absolute atomic E-state index is 9.03. The number of hydrogen-bond donors (Lipinski definition) is 1. The summed E-state index contributed by atoms with van der Waals surface area (Å²) >= 11 is 0. The molecule has 0 spiro atoms. The second kappa shape index (κ2) is 5.13. The summed E-state index contributed by atoms with van der Waals surface area (Å²) in [6.45, 7) is 5.39. The lowest BCUT2D eigenvalue weighted by molar-refractivity contribution is 0.595. The van der Waals surface area contributed by atoms with Gasteiger partial charge in [-0.25, -0.2) is 0 Å². The van der Waals surface area contributed by atoms with Gasteiger partial charge in [0.25, 0.3) is 0 Å². The average molecular weight is 325 g/mol. The molecular formula is C22H21NO. The Bertz CT molecular complexity index is 1520. The van der Waals surface area contributed by atoms with Crippen LogP contribution in [0.3, 0.4) is 0 Å². The third-order valence-corrected chi connectivity index (χ3v) is 3.85. The van der Waals surface area contributed by atoms with E-state index in [0.717, 1.165) is 0 Å². The minimum Gasteiger partial charge on any atom is -0.454 e. The van der Waals surface area contributed by atoms with Crippen LogP contribution in [0.25, 0.3) is 33.1 Å². The number of fused-ring (bicyclic) bond motifs is 3. The first-order chi connectivity index (χ1) is 15.6. The molecule has 0 saturated heterocycles. The molecule has 0 radical (unpaired) electrons. The molecular weight excluding hydrogens is 294 g/mol. The van der Waals surface area contributed by atoms with E-state index in [4.69, 9.17) is 23.9 Å². The van der Waals surface area contributed by atoms with Crippen molar-refractivity contribution in [3.63, 3.8) is 0 Å². The molecule has 1 heterocycles. The topological polar surface area (TPSA) is 39.2 Å². The summed E-state index contributed by atoms with van der Waals surface area (Å²) in [4.78, 5) is 0. The molecule has 0 unspecified atom stereocenters. The molecule has 24 heavy (non-hydrogen) atoms. The fraction of sp³-hybridized carbons (Fsp3) is 0.182. The molecule has 2 N–H and O–H groups in total. The van der Waals surface area contributed by atoms with Gasteiger partial charge in [-0.15, -0.1) is 0 Å². The zero-order valence-electron chi connectivity index (χ0n) is 23.5. The van der Waals surface area contributed by atoms with Crippen molar-refractivity contribution in [2.75, 3.05) is 5.73 Å². The van der Waals surface area contributed by atoms with Gasteiger partial charge in [-0.1, -0.05) is 69.1 Å². The fourth-order valence-corrected chi connectivity index (χ4v) is 2.75. The Kier molecular flexibility index (Phi) is 1.59. The van der Waals surface area contributed by atoms with E-state index in [1.54, 1.807) is 20.8 Å². The van der Waals surface area contributed by atoms with Crippen molar-refractivity contribution < 1.29 is 18.1 Å². The van der Waals surface area contributed by atoms with Crippen molar-refractivity contribution in [2.24, 2.45) is 0 Å². The van der Waals surface area contributed by atoms with Gasteiger partial charge in [0.15, 0.2) is 5.58 Å². The van der Waals surface area contributed by atoms with Crippen molar-refractivity contribution in [1.82, 2.24) is 0 Å². The molecule has 0 amide bonds. The third-order valence-electron chi connectivity index (χ3n) is 3.85. The SMILES string of the molecule is [2H]c1c([2H])c([2H])c(-c2c([2H])c(C(C)(C)C)c3c(oc4c([2H])c([2H])c([2H])c([2H])c43)c2N)c([2H])c1[2H]. The van der Waals surface area contributed by atoms with Gasteiger partial charge in [-0.3, -0.25) is 0 Å². The van der Waals surface area contributed by atoms with E-state index in [2.05, 4.69) is 0 Å². The molecule has 0 atom stereocenters. The van der Waals surface area contributed by atoms with E-state index >= 15 is 0 Å². The third kappa shape index (κ3) is 2.18.